The Balaban J connectivity index is 2.26. The summed E-state index contributed by atoms with van der Waals surface area (Å²) in [5.74, 6) is -0.102. The predicted octanol–water partition coefficient (Wildman–Crippen LogP) is 7.30. The molecule has 0 amide bonds. The summed E-state index contributed by atoms with van der Waals surface area (Å²) in [4.78, 5) is 13.1. The Hall–Kier alpha value is -2.43. The number of rotatable bonds is 8. The normalized spacial score (nSPS) is 23.3. The maximum atomic E-state index is 13.1. The third-order valence-corrected chi connectivity index (χ3v) is 6.64. The minimum absolute atomic E-state index is 0.268. The number of esters is 1. The van der Waals surface area contributed by atoms with E-state index in [0.29, 0.717) is 6.42 Å². The highest BCUT2D eigenvalue weighted by Crippen LogP contribution is 2.32. The maximum Gasteiger partial charge on any atom is 0.340 e. The van der Waals surface area contributed by atoms with Gasteiger partial charge >= 0.3 is 5.97 Å². The van der Waals surface area contributed by atoms with E-state index in [1.807, 2.05) is 44.2 Å². The summed E-state index contributed by atoms with van der Waals surface area (Å²) in [6.07, 6.45) is 11.9. The summed E-state index contributed by atoms with van der Waals surface area (Å²) in [7, 11) is 3.25. The molecule has 4 nitrogen and oxygen atoms in total. The van der Waals surface area contributed by atoms with E-state index >= 15 is 0 Å². The van der Waals surface area contributed by atoms with Crippen molar-refractivity contribution in [1.82, 2.24) is 0 Å². The first-order chi connectivity index (χ1) is 16.2. The van der Waals surface area contributed by atoms with Crippen LogP contribution in [0.15, 0.2) is 77.9 Å². The van der Waals surface area contributed by atoms with Gasteiger partial charge in [0, 0.05) is 14.2 Å². The molecular formula is C30H42O4. The highest BCUT2D eigenvalue weighted by Gasteiger charge is 2.29. The van der Waals surface area contributed by atoms with Gasteiger partial charge in [0.05, 0.1) is 5.60 Å². The minimum atomic E-state index is -0.749. The molecule has 1 aromatic carbocycles. The molecule has 1 aliphatic rings. The summed E-state index contributed by atoms with van der Waals surface area (Å²) in [5, 5.41) is 0. The molecule has 4 heteroatoms. The number of benzene rings is 1. The van der Waals surface area contributed by atoms with Gasteiger partial charge in [0.2, 0.25) is 0 Å². The number of hydrogen-bond acceptors (Lipinski definition) is 4. The largest absolute Gasteiger partial charge is 0.456 e. The van der Waals surface area contributed by atoms with Gasteiger partial charge in [-0.3, -0.25) is 0 Å². The first-order valence-electron chi connectivity index (χ1n) is 12.2. The highest BCUT2D eigenvalue weighted by atomic mass is 16.6. The van der Waals surface area contributed by atoms with E-state index in [0.717, 1.165) is 36.8 Å². The Morgan fingerprint density at radius 1 is 1.18 bits per heavy atom. The van der Waals surface area contributed by atoms with Crippen LogP contribution in [0.5, 0.6) is 0 Å². The summed E-state index contributed by atoms with van der Waals surface area (Å²) in [6, 6.07) is 9.48. The molecule has 0 bridgehead atoms. The zero-order chi connectivity index (χ0) is 25.1. The van der Waals surface area contributed by atoms with E-state index in [1.165, 1.54) is 18.3 Å². The molecule has 34 heavy (non-hydrogen) atoms. The monoisotopic (exact) mass is 466 g/mol. The Morgan fingerprint density at radius 2 is 1.88 bits per heavy atom. The van der Waals surface area contributed by atoms with Crippen LogP contribution in [0.2, 0.25) is 0 Å². The summed E-state index contributed by atoms with van der Waals surface area (Å²) >= 11 is 0. The molecule has 1 aliphatic carbocycles. The van der Waals surface area contributed by atoms with Crippen LogP contribution in [-0.2, 0) is 19.0 Å². The lowest BCUT2D eigenvalue weighted by atomic mass is 9.84. The van der Waals surface area contributed by atoms with Gasteiger partial charge in [-0.05, 0) is 76.9 Å². The first kappa shape index (κ1) is 27.8. The number of carbonyl (C=O) groups is 1. The van der Waals surface area contributed by atoms with Crippen molar-refractivity contribution in [3.63, 3.8) is 0 Å². The Kier molecular flexibility index (Phi) is 11.0. The van der Waals surface area contributed by atoms with Crippen LogP contribution in [0.25, 0.3) is 0 Å². The second kappa shape index (κ2) is 13.5. The van der Waals surface area contributed by atoms with Crippen LogP contribution in [0, 0.1) is 5.92 Å². The van der Waals surface area contributed by atoms with E-state index < -0.39 is 6.10 Å². The molecule has 1 aromatic rings. The lowest BCUT2D eigenvalue weighted by Crippen LogP contribution is -2.28. The highest BCUT2D eigenvalue weighted by molar-refractivity contribution is 5.77. The SMILES string of the molecule is C=C1CC/C=C(\C)CC[C@H](/C(C)=C/C=C/C(C)(C)OC)C[C@H]1OC(=O)[C@@H](OC)c1ccccc1. The molecule has 3 atom stereocenters. The van der Waals surface area contributed by atoms with Crippen molar-refractivity contribution < 1.29 is 19.0 Å². The van der Waals surface area contributed by atoms with Crippen molar-refractivity contribution in [2.45, 2.75) is 77.6 Å². The number of ether oxygens (including phenoxy) is 3. The lowest BCUT2D eigenvalue weighted by molar-refractivity contribution is -0.160. The van der Waals surface area contributed by atoms with E-state index in [2.05, 4.69) is 44.7 Å². The van der Waals surface area contributed by atoms with Crippen LogP contribution < -0.4 is 0 Å². The molecule has 0 saturated carbocycles. The van der Waals surface area contributed by atoms with E-state index in [4.69, 9.17) is 14.2 Å². The van der Waals surface area contributed by atoms with Gasteiger partial charge in [-0.2, -0.15) is 0 Å². The predicted molar refractivity (Wildman–Crippen MR) is 140 cm³/mol. The fourth-order valence-corrected chi connectivity index (χ4v) is 4.09. The summed E-state index contributed by atoms with van der Waals surface area (Å²) < 4.78 is 17.1. The molecule has 0 saturated heterocycles. The van der Waals surface area contributed by atoms with Crippen LogP contribution in [0.1, 0.15) is 71.5 Å². The number of allylic oxidation sites excluding steroid dienone is 5. The number of methoxy groups -OCH3 is 2. The van der Waals surface area contributed by atoms with Crippen molar-refractivity contribution in [3.8, 4) is 0 Å². The lowest BCUT2D eigenvalue weighted by Gasteiger charge is -2.28. The van der Waals surface area contributed by atoms with Crippen molar-refractivity contribution in [2.24, 2.45) is 5.92 Å². The summed E-state index contributed by atoms with van der Waals surface area (Å²) in [5.41, 5.74) is 4.09. The van der Waals surface area contributed by atoms with Gasteiger partial charge < -0.3 is 14.2 Å². The first-order valence-corrected chi connectivity index (χ1v) is 12.2. The zero-order valence-corrected chi connectivity index (χ0v) is 21.8. The molecule has 0 unspecified atom stereocenters. The van der Waals surface area contributed by atoms with Gasteiger partial charge in [0.15, 0.2) is 6.10 Å². The van der Waals surface area contributed by atoms with Crippen LogP contribution in [-0.4, -0.2) is 31.9 Å². The molecule has 0 aliphatic heterocycles. The molecule has 0 radical (unpaired) electrons. The quantitative estimate of drug-likeness (QED) is 0.229. The van der Waals surface area contributed by atoms with Crippen molar-refractivity contribution in [2.75, 3.05) is 14.2 Å². The third-order valence-electron chi connectivity index (χ3n) is 6.64. The number of carbonyl (C=O) groups excluding carboxylic acids is 1. The van der Waals surface area contributed by atoms with Gasteiger partial charge in [0.1, 0.15) is 6.10 Å². The Labute approximate surface area is 206 Å². The van der Waals surface area contributed by atoms with Crippen molar-refractivity contribution in [3.05, 3.63) is 83.5 Å². The fourth-order valence-electron chi connectivity index (χ4n) is 4.09. The Bertz CT molecular complexity index is 892. The van der Waals surface area contributed by atoms with E-state index in [9.17, 15) is 4.79 Å². The van der Waals surface area contributed by atoms with Crippen LogP contribution >= 0.6 is 0 Å². The molecule has 0 aromatic heterocycles. The van der Waals surface area contributed by atoms with Crippen LogP contribution in [0.3, 0.4) is 0 Å². The zero-order valence-electron chi connectivity index (χ0n) is 21.8. The van der Waals surface area contributed by atoms with Crippen molar-refractivity contribution in [1.29, 1.82) is 0 Å². The second-order valence-corrected chi connectivity index (χ2v) is 9.75. The maximum absolute atomic E-state index is 13.1. The van der Waals surface area contributed by atoms with Gasteiger partial charge in [-0.15, -0.1) is 0 Å². The van der Waals surface area contributed by atoms with Gasteiger partial charge in [-0.1, -0.05) is 72.4 Å². The molecule has 0 heterocycles. The minimum Gasteiger partial charge on any atom is -0.456 e. The summed E-state index contributed by atoms with van der Waals surface area (Å²) in [6.45, 7) is 12.7. The second-order valence-electron chi connectivity index (χ2n) is 9.75. The van der Waals surface area contributed by atoms with E-state index in [1.54, 1.807) is 7.11 Å². The molecule has 186 valence electrons. The fraction of sp³-hybridized carbons (Fsp3) is 0.500. The molecule has 0 N–H and O–H groups in total. The standard InChI is InChI=1S/C30H42O4/c1-22-13-11-14-24(3)27(34-29(31)28(32-6)25-16-9-8-10-17-25)21-26(19-18-22)23(2)15-12-20-30(4,5)33-7/h8-10,12-13,15-17,20,26-28H,3,11,14,18-19,21H2,1-2,4-7H3/b20-12+,22-13+,23-15+/t26-,27+,28-/m0/s1. The number of hydrogen-bond donors (Lipinski definition) is 0. The van der Waals surface area contributed by atoms with E-state index in [-0.39, 0.29) is 23.6 Å². The average molecular weight is 467 g/mol. The Morgan fingerprint density at radius 3 is 2.53 bits per heavy atom. The smallest absolute Gasteiger partial charge is 0.340 e. The van der Waals surface area contributed by atoms with Gasteiger partial charge in [-0.25, -0.2) is 4.79 Å². The topological polar surface area (TPSA) is 44.8 Å². The average Bonchev–Trinajstić information content (AvgIpc) is 2.81. The van der Waals surface area contributed by atoms with Gasteiger partial charge in [0.25, 0.3) is 0 Å². The molecule has 0 spiro atoms. The third kappa shape index (κ3) is 8.73. The molecular weight excluding hydrogens is 424 g/mol. The van der Waals surface area contributed by atoms with Crippen LogP contribution in [0.4, 0.5) is 0 Å². The van der Waals surface area contributed by atoms with Crippen molar-refractivity contribution >= 4 is 5.97 Å². The molecule has 2 rings (SSSR count). The molecule has 0 fully saturated rings.